The maximum absolute atomic E-state index is 12.7. The number of nitrogens with one attached hydrogen (secondary N) is 1. The maximum Gasteiger partial charge on any atom is 0.411 e. The second kappa shape index (κ2) is 10.6. The number of aromatic nitrogens is 3. The van der Waals surface area contributed by atoms with Crippen LogP contribution in [0.1, 0.15) is 42.5 Å². The molecule has 0 aromatic carbocycles. The Kier molecular flexibility index (Phi) is 7.26. The summed E-state index contributed by atoms with van der Waals surface area (Å²) < 4.78 is 5.42. The molecule has 3 aromatic heterocycles. The number of pyridine rings is 3. The summed E-state index contributed by atoms with van der Waals surface area (Å²) in [6, 6.07) is 9.91. The van der Waals surface area contributed by atoms with E-state index in [0.717, 1.165) is 0 Å². The Labute approximate surface area is 219 Å². The van der Waals surface area contributed by atoms with Crippen LogP contribution in [0, 0.1) is 22.7 Å². The van der Waals surface area contributed by atoms with Crippen LogP contribution in [0.2, 0.25) is 0 Å². The van der Waals surface area contributed by atoms with Gasteiger partial charge in [-0.1, -0.05) is 6.07 Å². The molecule has 1 fully saturated rings. The zero-order valence-electron chi connectivity index (χ0n) is 21.2. The summed E-state index contributed by atoms with van der Waals surface area (Å²) in [5.74, 6) is -0.331. The zero-order chi connectivity index (χ0) is 27.4. The van der Waals surface area contributed by atoms with Crippen LogP contribution < -0.4 is 10.2 Å². The fraction of sp³-hybridized carbons (Fsp3) is 0.346. The molecule has 0 bridgehead atoms. The first-order valence-corrected chi connectivity index (χ1v) is 11.9. The van der Waals surface area contributed by atoms with Crippen molar-refractivity contribution in [1.82, 2.24) is 25.2 Å². The number of nitriles is 2. The maximum atomic E-state index is 12.7. The molecule has 0 unspecified atom stereocenters. The van der Waals surface area contributed by atoms with E-state index >= 15 is 0 Å². The molecule has 0 aliphatic carbocycles. The molecule has 1 atom stereocenters. The van der Waals surface area contributed by atoms with E-state index in [9.17, 15) is 20.0 Å². The number of piperazine rings is 1. The van der Waals surface area contributed by atoms with Gasteiger partial charge in [0.2, 0.25) is 0 Å². The van der Waals surface area contributed by atoms with E-state index in [1.165, 1.54) is 17.3 Å². The van der Waals surface area contributed by atoms with Crippen LogP contribution in [0.25, 0.3) is 10.9 Å². The van der Waals surface area contributed by atoms with Gasteiger partial charge in [0.05, 0.1) is 24.3 Å². The molecule has 1 aliphatic rings. The third kappa shape index (κ3) is 5.71. The predicted octanol–water partition coefficient (Wildman–Crippen LogP) is 2.48. The van der Waals surface area contributed by atoms with Crippen molar-refractivity contribution in [2.45, 2.75) is 39.0 Å². The van der Waals surface area contributed by atoms with E-state index in [1.54, 1.807) is 45.0 Å². The minimum Gasteiger partial charge on any atom is -0.505 e. The first-order valence-electron chi connectivity index (χ1n) is 11.9. The van der Waals surface area contributed by atoms with Crippen LogP contribution in [0.5, 0.6) is 5.75 Å². The second-order valence-electron chi connectivity index (χ2n) is 9.67. The van der Waals surface area contributed by atoms with E-state index in [1.807, 2.05) is 11.0 Å². The molecule has 2 amide bonds. The SMILES string of the molecule is CC(C)(C)OC(=O)N1CCN(c2ccc3c(O)c(C(=O)NCc4ccc(C#N)nc4)ncc3n2)C[C@@H]1C#N. The van der Waals surface area contributed by atoms with E-state index in [2.05, 4.69) is 26.3 Å². The molecule has 1 saturated heterocycles. The van der Waals surface area contributed by atoms with Crippen molar-refractivity contribution in [3.05, 3.63) is 53.6 Å². The van der Waals surface area contributed by atoms with Gasteiger partial charge in [0.25, 0.3) is 5.91 Å². The van der Waals surface area contributed by atoms with Gasteiger partial charge in [-0.3, -0.25) is 9.69 Å². The summed E-state index contributed by atoms with van der Waals surface area (Å²) in [5.41, 5.74) is 0.514. The second-order valence-corrected chi connectivity index (χ2v) is 9.67. The van der Waals surface area contributed by atoms with Gasteiger partial charge in [0.15, 0.2) is 11.4 Å². The summed E-state index contributed by atoms with van der Waals surface area (Å²) in [6.07, 6.45) is 2.35. The number of amides is 2. The Morgan fingerprint density at radius 1 is 1.16 bits per heavy atom. The average molecular weight is 515 g/mol. The van der Waals surface area contributed by atoms with E-state index in [4.69, 9.17) is 10.00 Å². The fourth-order valence-electron chi connectivity index (χ4n) is 3.92. The number of nitrogens with zero attached hydrogens (tertiary/aromatic N) is 7. The quantitative estimate of drug-likeness (QED) is 0.527. The van der Waals surface area contributed by atoms with Crippen LogP contribution in [-0.4, -0.2) is 68.2 Å². The van der Waals surface area contributed by atoms with Gasteiger partial charge in [0.1, 0.15) is 29.2 Å². The number of carbonyl (C=O) groups excluding carboxylic acids is 2. The third-order valence-electron chi connectivity index (χ3n) is 5.79. The van der Waals surface area contributed by atoms with Crippen LogP contribution in [0.4, 0.5) is 10.6 Å². The lowest BCUT2D eigenvalue weighted by Crippen LogP contribution is -2.55. The lowest BCUT2D eigenvalue weighted by molar-refractivity contribution is 0.0189. The number of aromatic hydroxyl groups is 1. The molecule has 3 aromatic rings. The third-order valence-corrected chi connectivity index (χ3v) is 5.79. The average Bonchev–Trinajstić information content (AvgIpc) is 2.90. The van der Waals surface area contributed by atoms with Gasteiger partial charge in [-0.2, -0.15) is 10.5 Å². The molecular weight excluding hydrogens is 488 g/mol. The number of ether oxygens (including phenoxy) is 1. The van der Waals surface area contributed by atoms with Gasteiger partial charge in [-0.25, -0.2) is 19.7 Å². The Morgan fingerprint density at radius 2 is 1.95 bits per heavy atom. The number of hydrogen-bond donors (Lipinski definition) is 2. The number of fused-ring (bicyclic) bond motifs is 1. The van der Waals surface area contributed by atoms with Gasteiger partial charge >= 0.3 is 6.09 Å². The Morgan fingerprint density at radius 3 is 2.61 bits per heavy atom. The molecule has 12 nitrogen and oxygen atoms in total. The van der Waals surface area contributed by atoms with E-state index in [-0.39, 0.29) is 36.8 Å². The number of anilines is 1. The Bertz CT molecular complexity index is 1450. The van der Waals surface area contributed by atoms with Crippen molar-refractivity contribution in [2.24, 2.45) is 0 Å². The Hall–Kier alpha value is -4.97. The molecule has 4 heterocycles. The first-order chi connectivity index (χ1) is 18.1. The van der Waals surface area contributed by atoms with Gasteiger partial charge in [-0.15, -0.1) is 0 Å². The van der Waals surface area contributed by atoms with E-state index < -0.39 is 23.6 Å². The highest BCUT2D eigenvalue weighted by atomic mass is 16.6. The van der Waals surface area contributed by atoms with Crippen molar-refractivity contribution < 1.29 is 19.4 Å². The largest absolute Gasteiger partial charge is 0.505 e. The van der Waals surface area contributed by atoms with Crippen molar-refractivity contribution in [3.63, 3.8) is 0 Å². The monoisotopic (exact) mass is 514 g/mol. The minimum atomic E-state index is -0.722. The summed E-state index contributed by atoms with van der Waals surface area (Å²) in [7, 11) is 0. The molecule has 0 radical (unpaired) electrons. The highest BCUT2D eigenvalue weighted by molar-refractivity contribution is 6.00. The number of rotatable bonds is 4. The van der Waals surface area contributed by atoms with Crippen LogP contribution in [0.15, 0.2) is 36.7 Å². The van der Waals surface area contributed by atoms with Gasteiger partial charge in [-0.05, 0) is 44.5 Å². The highest BCUT2D eigenvalue weighted by Crippen LogP contribution is 2.29. The lowest BCUT2D eigenvalue weighted by Gasteiger charge is -2.39. The lowest BCUT2D eigenvalue weighted by atomic mass is 10.1. The fourth-order valence-corrected chi connectivity index (χ4v) is 3.92. The number of hydrogen-bond acceptors (Lipinski definition) is 10. The molecule has 0 spiro atoms. The molecule has 4 rings (SSSR count). The zero-order valence-corrected chi connectivity index (χ0v) is 21.2. The standard InChI is InChI=1S/C26H26N8O4/c1-26(2,3)38-25(37)34-9-8-33(15-18(34)11-28)21-7-6-19-20(32-21)14-30-22(23(19)35)24(36)31-13-16-4-5-17(10-27)29-12-16/h4-7,12,14,18,35H,8-9,13,15H2,1-3H3,(H,31,36)/t18-/m0/s1. The molecule has 38 heavy (non-hydrogen) atoms. The van der Waals surface area contributed by atoms with Crippen molar-refractivity contribution in [2.75, 3.05) is 24.5 Å². The molecular formula is C26H26N8O4. The minimum absolute atomic E-state index is 0.142. The molecule has 2 N–H and O–H groups in total. The van der Waals surface area contributed by atoms with Crippen molar-refractivity contribution >= 4 is 28.7 Å². The van der Waals surface area contributed by atoms with Crippen molar-refractivity contribution in [1.29, 1.82) is 10.5 Å². The van der Waals surface area contributed by atoms with Gasteiger partial charge < -0.3 is 20.1 Å². The normalized spacial score (nSPS) is 15.4. The predicted molar refractivity (Wildman–Crippen MR) is 136 cm³/mol. The van der Waals surface area contributed by atoms with Crippen LogP contribution in [-0.2, 0) is 11.3 Å². The van der Waals surface area contributed by atoms with Crippen LogP contribution in [0.3, 0.4) is 0 Å². The van der Waals surface area contributed by atoms with Crippen molar-refractivity contribution in [3.8, 4) is 17.9 Å². The smallest absolute Gasteiger partial charge is 0.411 e. The summed E-state index contributed by atoms with van der Waals surface area (Å²) in [6.45, 7) is 6.40. The summed E-state index contributed by atoms with van der Waals surface area (Å²) >= 11 is 0. The molecule has 12 heteroatoms. The summed E-state index contributed by atoms with van der Waals surface area (Å²) in [4.78, 5) is 41.1. The van der Waals surface area contributed by atoms with Crippen LogP contribution >= 0.6 is 0 Å². The van der Waals surface area contributed by atoms with Gasteiger partial charge in [0, 0.05) is 31.2 Å². The molecule has 194 valence electrons. The highest BCUT2D eigenvalue weighted by Gasteiger charge is 2.34. The molecule has 0 saturated carbocycles. The number of carbonyl (C=O) groups is 2. The topological polar surface area (TPSA) is 168 Å². The molecule has 1 aliphatic heterocycles. The van der Waals surface area contributed by atoms with E-state index in [0.29, 0.717) is 28.8 Å². The Balaban J connectivity index is 1.47. The summed E-state index contributed by atoms with van der Waals surface area (Å²) in [5, 5.41) is 32.2. The first kappa shape index (κ1) is 26.1.